The summed E-state index contributed by atoms with van der Waals surface area (Å²) in [5.41, 5.74) is 3.62. The summed E-state index contributed by atoms with van der Waals surface area (Å²) in [6.45, 7) is 4.16. The number of anilines is 3. The number of aromatic nitrogens is 5. The highest BCUT2D eigenvalue weighted by Gasteiger charge is 2.24. The molecule has 0 spiro atoms. The maximum absolute atomic E-state index is 14.1. The lowest BCUT2D eigenvalue weighted by Crippen LogP contribution is -2.42. The third-order valence-electron chi connectivity index (χ3n) is 6.60. The summed E-state index contributed by atoms with van der Waals surface area (Å²) in [5, 5.41) is 11.1. The van der Waals surface area contributed by atoms with Crippen LogP contribution in [0.15, 0.2) is 67.3 Å². The minimum atomic E-state index is -0.452. The highest BCUT2D eigenvalue weighted by atomic mass is 19.1. The molecule has 5 heterocycles. The molecular weight excluding hydrogens is 455 g/mol. The summed E-state index contributed by atoms with van der Waals surface area (Å²) in [7, 11) is 0. The number of allylic oxidation sites excluding steroid dienone is 4. The van der Waals surface area contributed by atoms with Gasteiger partial charge in [0.25, 0.3) is 0 Å². The molecule has 2 aliphatic rings. The molecule has 4 aromatic heterocycles. The maximum Gasteiger partial charge on any atom is 0.167 e. The van der Waals surface area contributed by atoms with Gasteiger partial charge in [-0.25, -0.2) is 24.3 Å². The van der Waals surface area contributed by atoms with E-state index in [4.69, 9.17) is 9.97 Å². The Morgan fingerprint density at radius 1 is 1.08 bits per heavy atom. The van der Waals surface area contributed by atoms with E-state index < -0.39 is 5.82 Å². The number of halogens is 1. The normalized spacial score (nSPS) is 19.0. The number of hydrogen-bond donors (Lipinski definition) is 3. The van der Waals surface area contributed by atoms with Gasteiger partial charge in [-0.2, -0.15) is 0 Å². The fraction of sp³-hybridized carbons (Fsp3) is 0.222. The van der Waals surface area contributed by atoms with E-state index >= 15 is 0 Å². The summed E-state index contributed by atoms with van der Waals surface area (Å²) < 4.78 is 14.1. The molecule has 4 aromatic rings. The van der Waals surface area contributed by atoms with Crippen LogP contribution in [0.4, 0.5) is 21.8 Å². The molecule has 0 saturated carbocycles. The zero-order chi connectivity index (χ0) is 24.5. The Morgan fingerprint density at radius 2 is 2.00 bits per heavy atom. The van der Waals surface area contributed by atoms with Gasteiger partial charge in [-0.15, -0.1) is 0 Å². The third-order valence-corrected chi connectivity index (χ3v) is 6.60. The van der Waals surface area contributed by atoms with Crippen LogP contribution in [0.2, 0.25) is 0 Å². The molecule has 3 N–H and O–H groups in total. The number of rotatable bonds is 6. The number of hydrogen-bond acceptors (Lipinski definition) is 8. The molecule has 0 radical (unpaired) electrons. The summed E-state index contributed by atoms with van der Waals surface area (Å²) in [4.78, 5) is 22.7. The zero-order valence-electron chi connectivity index (χ0n) is 19.7. The Kier molecular flexibility index (Phi) is 5.82. The van der Waals surface area contributed by atoms with Crippen LogP contribution in [0.25, 0.3) is 27.9 Å². The molecule has 0 amide bonds. The van der Waals surface area contributed by atoms with Crippen LogP contribution >= 0.6 is 0 Å². The molecule has 1 saturated heterocycles. The van der Waals surface area contributed by atoms with E-state index in [9.17, 15) is 4.39 Å². The van der Waals surface area contributed by atoms with E-state index in [0.717, 1.165) is 52.9 Å². The minimum Gasteiger partial charge on any atom is -0.366 e. The molecule has 0 aromatic carbocycles. The van der Waals surface area contributed by atoms with Crippen molar-refractivity contribution in [1.82, 2.24) is 30.2 Å². The molecule has 9 heteroatoms. The number of pyridine rings is 3. The third kappa shape index (κ3) is 4.29. The van der Waals surface area contributed by atoms with Crippen LogP contribution in [-0.2, 0) is 0 Å². The fourth-order valence-electron chi connectivity index (χ4n) is 4.55. The molecule has 1 fully saturated rings. The van der Waals surface area contributed by atoms with Gasteiger partial charge in [0.2, 0.25) is 0 Å². The second-order valence-corrected chi connectivity index (χ2v) is 9.07. The van der Waals surface area contributed by atoms with Gasteiger partial charge in [0, 0.05) is 35.8 Å². The maximum atomic E-state index is 14.1. The highest BCUT2D eigenvalue weighted by Crippen LogP contribution is 2.34. The summed E-state index contributed by atoms with van der Waals surface area (Å²) in [5.74, 6) is 1.88. The van der Waals surface area contributed by atoms with Crippen molar-refractivity contribution in [3.63, 3.8) is 0 Å². The predicted molar refractivity (Wildman–Crippen MR) is 139 cm³/mol. The molecule has 2 atom stereocenters. The first-order valence-corrected chi connectivity index (χ1v) is 12.0. The quantitative estimate of drug-likeness (QED) is 0.364. The Balaban J connectivity index is 1.43. The van der Waals surface area contributed by atoms with Crippen LogP contribution in [0.3, 0.4) is 0 Å². The van der Waals surface area contributed by atoms with Gasteiger partial charge in [-0.1, -0.05) is 25.2 Å². The first kappa shape index (κ1) is 22.2. The first-order valence-electron chi connectivity index (χ1n) is 12.0. The molecule has 8 nitrogen and oxygen atoms in total. The van der Waals surface area contributed by atoms with E-state index in [1.54, 1.807) is 24.5 Å². The summed E-state index contributed by atoms with van der Waals surface area (Å²) >= 11 is 0. The molecule has 1 aliphatic heterocycles. The molecule has 36 heavy (non-hydrogen) atoms. The van der Waals surface area contributed by atoms with Crippen molar-refractivity contribution in [2.24, 2.45) is 5.92 Å². The SMILES string of the molecule is C[C@H]1CNCC[C@@H]1Nc1nc(-c2ccnc(Nc3ncccc3F)c2)nc2cncc(C3=CC=C3)c12. The van der Waals surface area contributed by atoms with Crippen molar-refractivity contribution in [1.29, 1.82) is 0 Å². The molecule has 0 bridgehead atoms. The van der Waals surface area contributed by atoms with Gasteiger partial charge < -0.3 is 16.0 Å². The molecular formula is C27H25FN8. The van der Waals surface area contributed by atoms with E-state index in [1.165, 1.54) is 12.3 Å². The van der Waals surface area contributed by atoms with E-state index in [2.05, 4.69) is 50.0 Å². The van der Waals surface area contributed by atoms with Gasteiger partial charge in [-0.3, -0.25) is 4.98 Å². The Morgan fingerprint density at radius 3 is 2.81 bits per heavy atom. The van der Waals surface area contributed by atoms with Crippen LogP contribution in [0.1, 0.15) is 18.9 Å². The van der Waals surface area contributed by atoms with Gasteiger partial charge in [0.1, 0.15) is 11.6 Å². The second-order valence-electron chi connectivity index (χ2n) is 9.07. The Labute approximate surface area is 207 Å². The van der Waals surface area contributed by atoms with Crippen LogP contribution in [-0.4, -0.2) is 44.1 Å². The topological polar surface area (TPSA) is 101 Å². The predicted octanol–water partition coefficient (Wildman–Crippen LogP) is 4.73. The van der Waals surface area contributed by atoms with Crippen LogP contribution in [0, 0.1) is 11.7 Å². The van der Waals surface area contributed by atoms with Crippen LogP contribution in [0.5, 0.6) is 0 Å². The number of nitrogens with one attached hydrogen (secondary N) is 3. The van der Waals surface area contributed by atoms with Crippen molar-refractivity contribution in [3.8, 4) is 11.4 Å². The zero-order valence-corrected chi connectivity index (χ0v) is 19.7. The van der Waals surface area contributed by atoms with Crippen molar-refractivity contribution in [3.05, 3.63) is 78.7 Å². The number of nitrogens with zero attached hydrogens (tertiary/aromatic N) is 5. The Hall–Kier alpha value is -4.24. The Bertz CT molecular complexity index is 1500. The van der Waals surface area contributed by atoms with E-state index in [0.29, 0.717) is 17.6 Å². The van der Waals surface area contributed by atoms with Crippen molar-refractivity contribution < 1.29 is 4.39 Å². The van der Waals surface area contributed by atoms with E-state index in [-0.39, 0.29) is 11.9 Å². The van der Waals surface area contributed by atoms with Gasteiger partial charge in [-0.05, 0) is 55.3 Å². The average Bonchev–Trinajstić information content (AvgIpc) is 2.86. The van der Waals surface area contributed by atoms with Crippen LogP contribution < -0.4 is 16.0 Å². The largest absolute Gasteiger partial charge is 0.366 e. The van der Waals surface area contributed by atoms with Crippen molar-refractivity contribution in [2.75, 3.05) is 23.7 Å². The standard InChI is InChI=1S/C27H25FN8/c1-16-13-29-10-8-21(16)33-27-24-19(17-4-2-5-17)14-30-15-22(24)34-25(36-27)18-7-11-31-23(12-18)35-26-20(28)6-3-9-32-26/h2-7,9,11-12,14-16,21,29H,8,10,13H2,1H3,(H,31,32,35)(H,33,34,36)/t16-,21-/m0/s1. The number of piperidine rings is 1. The lowest BCUT2D eigenvalue weighted by atomic mass is 9.94. The molecule has 180 valence electrons. The molecule has 1 aliphatic carbocycles. The van der Waals surface area contributed by atoms with Gasteiger partial charge in [0.15, 0.2) is 17.5 Å². The van der Waals surface area contributed by atoms with E-state index in [1.807, 2.05) is 18.3 Å². The molecule has 0 unspecified atom stereocenters. The van der Waals surface area contributed by atoms with Crippen molar-refractivity contribution in [2.45, 2.75) is 19.4 Å². The lowest BCUT2D eigenvalue weighted by molar-refractivity contribution is 0.368. The second kappa shape index (κ2) is 9.43. The first-order chi connectivity index (χ1) is 17.7. The summed E-state index contributed by atoms with van der Waals surface area (Å²) in [6.07, 6.45) is 14.0. The average molecular weight is 481 g/mol. The fourth-order valence-corrected chi connectivity index (χ4v) is 4.55. The number of fused-ring (bicyclic) bond motifs is 1. The summed E-state index contributed by atoms with van der Waals surface area (Å²) in [6, 6.07) is 6.81. The highest BCUT2D eigenvalue weighted by molar-refractivity contribution is 6.02. The smallest absolute Gasteiger partial charge is 0.167 e. The lowest BCUT2D eigenvalue weighted by Gasteiger charge is -2.31. The van der Waals surface area contributed by atoms with Crippen molar-refractivity contribution >= 4 is 33.9 Å². The minimum absolute atomic E-state index is 0.111. The van der Waals surface area contributed by atoms with Gasteiger partial charge in [0.05, 0.1) is 17.1 Å². The monoisotopic (exact) mass is 480 g/mol. The molecule has 6 rings (SSSR count). The van der Waals surface area contributed by atoms with Gasteiger partial charge >= 0.3 is 0 Å².